The zero-order valence-corrected chi connectivity index (χ0v) is 14.4. The number of carbonyl (C=O) groups excluding carboxylic acids is 1. The van der Waals surface area contributed by atoms with Gasteiger partial charge in [-0.25, -0.2) is 4.79 Å². The van der Waals surface area contributed by atoms with Crippen molar-refractivity contribution in [1.29, 1.82) is 0 Å². The van der Waals surface area contributed by atoms with Crippen molar-refractivity contribution >= 4 is 12.0 Å². The van der Waals surface area contributed by atoms with Crippen molar-refractivity contribution in [3.05, 3.63) is 0 Å². The van der Waals surface area contributed by atoms with Gasteiger partial charge < -0.3 is 15.7 Å². The molecule has 0 aromatic rings. The minimum absolute atomic E-state index is 0.152. The number of nitrogens with one attached hydrogen (secondary N) is 2. The Bertz CT molecular complexity index is 351. The van der Waals surface area contributed by atoms with E-state index in [1.54, 1.807) is 27.7 Å². The van der Waals surface area contributed by atoms with Crippen LogP contribution in [0.4, 0.5) is 4.79 Å². The van der Waals surface area contributed by atoms with Crippen LogP contribution >= 0.6 is 0 Å². The molecule has 0 rings (SSSR count). The summed E-state index contributed by atoms with van der Waals surface area (Å²) in [4.78, 5) is 23.5. The fraction of sp³-hybridized carbons (Fsp3) is 0.875. The van der Waals surface area contributed by atoms with Gasteiger partial charge >= 0.3 is 12.0 Å². The van der Waals surface area contributed by atoms with Gasteiger partial charge in [-0.3, -0.25) is 4.79 Å². The molecule has 0 aromatic carbocycles. The average molecular weight is 300 g/mol. The molecule has 5 heteroatoms. The molecule has 0 saturated heterocycles. The summed E-state index contributed by atoms with van der Waals surface area (Å²) in [5.74, 6) is -0.927. The highest BCUT2D eigenvalue weighted by Gasteiger charge is 2.44. The third kappa shape index (κ3) is 5.94. The third-order valence-electron chi connectivity index (χ3n) is 4.40. The average Bonchev–Trinajstić information content (AvgIpc) is 2.34. The van der Waals surface area contributed by atoms with E-state index >= 15 is 0 Å². The maximum atomic E-state index is 12.2. The number of carbonyl (C=O) groups is 2. The summed E-state index contributed by atoms with van der Waals surface area (Å²) in [5.41, 5.74) is -1.89. The van der Waals surface area contributed by atoms with Gasteiger partial charge in [0, 0.05) is 6.04 Å². The van der Waals surface area contributed by atoms with Gasteiger partial charge in [0.25, 0.3) is 0 Å². The highest BCUT2D eigenvalue weighted by Crippen LogP contribution is 2.30. The molecule has 0 radical (unpaired) electrons. The lowest BCUT2D eigenvalue weighted by molar-refractivity contribution is -0.150. The number of hydrogen-bond donors (Lipinski definition) is 3. The monoisotopic (exact) mass is 300 g/mol. The molecule has 1 atom stereocenters. The Morgan fingerprint density at radius 2 is 1.62 bits per heavy atom. The zero-order valence-electron chi connectivity index (χ0n) is 14.4. The van der Waals surface area contributed by atoms with Crippen LogP contribution < -0.4 is 10.6 Å². The Kier molecular flexibility index (Phi) is 7.75. The normalized spacial score (nSPS) is 13.6. The number of carboxylic acids is 1. The van der Waals surface area contributed by atoms with E-state index in [0.717, 1.165) is 32.1 Å². The SMILES string of the molecule is CCCCC(CCC)NC(=O)NC(C)(C)C(C)(C)C(=O)O. The third-order valence-corrected chi connectivity index (χ3v) is 4.40. The van der Waals surface area contributed by atoms with Gasteiger partial charge in [-0.05, 0) is 40.5 Å². The summed E-state index contributed by atoms with van der Waals surface area (Å²) in [6, 6.07) is -0.137. The molecule has 21 heavy (non-hydrogen) atoms. The molecule has 0 aliphatic heterocycles. The van der Waals surface area contributed by atoms with E-state index in [4.69, 9.17) is 0 Å². The van der Waals surface area contributed by atoms with Crippen molar-refractivity contribution in [2.75, 3.05) is 0 Å². The van der Waals surface area contributed by atoms with Crippen molar-refractivity contribution in [3.8, 4) is 0 Å². The molecule has 1 unspecified atom stereocenters. The number of urea groups is 1. The van der Waals surface area contributed by atoms with E-state index in [2.05, 4.69) is 24.5 Å². The second-order valence-electron chi connectivity index (χ2n) is 6.78. The Morgan fingerprint density at radius 3 is 2.05 bits per heavy atom. The van der Waals surface area contributed by atoms with E-state index in [9.17, 15) is 14.7 Å². The zero-order chi connectivity index (χ0) is 16.7. The largest absolute Gasteiger partial charge is 0.481 e. The van der Waals surface area contributed by atoms with Crippen LogP contribution in [0.5, 0.6) is 0 Å². The number of hydrogen-bond acceptors (Lipinski definition) is 2. The van der Waals surface area contributed by atoms with Crippen LogP contribution in [0.15, 0.2) is 0 Å². The fourth-order valence-electron chi connectivity index (χ4n) is 2.02. The van der Waals surface area contributed by atoms with Crippen LogP contribution in [0.3, 0.4) is 0 Å². The fourth-order valence-corrected chi connectivity index (χ4v) is 2.02. The second-order valence-corrected chi connectivity index (χ2v) is 6.78. The van der Waals surface area contributed by atoms with Crippen LogP contribution in [0.1, 0.15) is 73.6 Å². The maximum absolute atomic E-state index is 12.2. The minimum Gasteiger partial charge on any atom is -0.481 e. The summed E-state index contributed by atoms with van der Waals surface area (Å²) < 4.78 is 0. The molecule has 0 aliphatic rings. The molecule has 124 valence electrons. The van der Waals surface area contributed by atoms with Gasteiger partial charge in [0.15, 0.2) is 0 Å². The number of unbranched alkanes of at least 4 members (excludes halogenated alkanes) is 1. The molecule has 0 spiro atoms. The summed E-state index contributed by atoms with van der Waals surface area (Å²) in [6.45, 7) is 10.9. The lowest BCUT2D eigenvalue weighted by atomic mass is 9.74. The predicted molar refractivity (Wildman–Crippen MR) is 85.4 cm³/mol. The first-order valence-corrected chi connectivity index (χ1v) is 7.90. The number of rotatable bonds is 9. The molecule has 0 saturated carbocycles. The van der Waals surface area contributed by atoms with Crippen molar-refractivity contribution in [3.63, 3.8) is 0 Å². The molecule has 0 aliphatic carbocycles. The highest BCUT2D eigenvalue weighted by molar-refractivity contribution is 5.79. The predicted octanol–water partition coefficient (Wildman–Crippen LogP) is 3.53. The molecule has 0 fully saturated rings. The van der Waals surface area contributed by atoms with Gasteiger partial charge in [-0.1, -0.05) is 33.1 Å². The quantitative estimate of drug-likeness (QED) is 0.609. The number of carboxylic acid groups (broad SMARTS) is 1. The molecule has 0 heterocycles. The van der Waals surface area contributed by atoms with Crippen molar-refractivity contribution in [1.82, 2.24) is 10.6 Å². The Hall–Kier alpha value is -1.26. The van der Waals surface area contributed by atoms with Crippen molar-refractivity contribution in [2.45, 2.75) is 85.2 Å². The summed E-state index contributed by atoms with van der Waals surface area (Å²) in [5, 5.41) is 15.1. The lowest BCUT2D eigenvalue weighted by Crippen LogP contribution is -2.59. The standard InChI is InChI=1S/C16H32N2O3/c1-7-9-11-12(10-8-2)17-14(21)18-16(5,6)15(3,4)13(19)20/h12H,7-11H2,1-6H3,(H,19,20)(H2,17,18,21). The van der Waals surface area contributed by atoms with Crippen LogP contribution in [-0.4, -0.2) is 28.7 Å². The Balaban J connectivity index is 4.68. The van der Waals surface area contributed by atoms with Gasteiger partial charge in [-0.15, -0.1) is 0 Å². The van der Waals surface area contributed by atoms with Crippen molar-refractivity contribution in [2.24, 2.45) is 5.41 Å². The summed E-state index contributed by atoms with van der Waals surface area (Å²) >= 11 is 0. The summed E-state index contributed by atoms with van der Waals surface area (Å²) in [6.07, 6.45) is 5.09. The number of amides is 2. The van der Waals surface area contributed by atoms with Crippen LogP contribution in [0.2, 0.25) is 0 Å². The molecule has 3 N–H and O–H groups in total. The van der Waals surface area contributed by atoms with E-state index < -0.39 is 16.9 Å². The first kappa shape index (κ1) is 19.7. The van der Waals surface area contributed by atoms with Gasteiger partial charge in [0.2, 0.25) is 0 Å². The number of aliphatic carboxylic acids is 1. The van der Waals surface area contributed by atoms with Crippen LogP contribution in [0, 0.1) is 5.41 Å². The van der Waals surface area contributed by atoms with Gasteiger partial charge in [0.05, 0.1) is 11.0 Å². The Labute approximate surface area is 128 Å². The van der Waals surface area contributed by atoms with Gasteiger partial charge in [-0.2, -0.15) is 0 Å². The van der Waals surface area contributed by atoms with E-state index in [1.165, 1.54) is 0 Å². The van der Waals surface area contributed by atoms with Gasteiger partial charge in [0.1, 0.15) is 0 Å². The smallest absolute Gasteiger partial charge is 0.315 e. The molecular formula is C16H32N2O3. The van der Waals surface area contributed by atoms with E-state index in [-0.39, 0.29) is 12.1 Å². The topological polar surface area (TPSA) is 78.4 Å². The highest BCUT2D eigenvalue weighted by atomic mass is 16.4. The first-order valence-electron chi connectivity index (χ1n) is 7.90. The molecular weight excluding hydrogens is 268 g/mol. The second kappa shape index (κ2) is 8.25. The van der Waals surface area contributed by atoms with Crippen LogP contribution in [0.25, 0.3) is 0 Å². The lowest BCUT2D eigenvalue weighted by Gasteiger charge is -2.39. The first-order chi connectivity index (χ1) is 9.58. The van der Waals surface area contributed by atoms with E-state index in [0.29, 0.717) is 0 Å². The molecule has 0 bridgehead atoms. The van der Waals surface area contributed by atoms with E-state index in [1.807, 2.05) is 0 Å². The minimum atomic E-state index is -1.05. The summed E-state index contributed by atoms with van der Waals surface area (Å²) in [7, 11) is 0. The molecule has 5 nitrogen and oxygen atoms in total. The Morgan fingerprint density at radius 1 is 1.05 bits per heavy atom. The van der Waals surface area contributed by atoms with Crippen LogP contribution in [-0.2, 0) is 4.79 Å². The maximum Gasteiger partial charge on any atom is 0.315 e. The molecule has 2 amide bonds. The van der Waals surface area contributed by atoms with Crippen molar-refractivity contribution < 1.29 is 14.7 Å². The molecule has 0 aromatic heterocycles.